The molecule has 2 aromatic rings. The number of methoxy groups -OCH3 is 1. The average molecular weight is 291 g/mol. The second-order valence-corrected chi connectivity index (χ2v) is 6.58. The highest BCUT2D eigenvalue weighted by Crippen LogP contribution is 2.32. The maximum atomic E-state index is 11.6. The summed E-state index contributed by atoms with van der Waals surface area (Å²) in [5, 5.41) is 11.1. The Bertz CT molecular complexity index is 662. The third-order valence-electron chi connectivity index (χ3n) is 3.71. The predicted molar refractivity (Wildman–Crippen MR) is 80.6 cm³/mol. The van der Waals surface area contributed by atoms with Crippen LogP contribution in [-0.2, 0) is 4.74 Å². The van der Waals surface area contributed by atoms with Gasteiger partial charge in [-0.1, -0.05) is 6.07 Å². The van der Waals surface area contributed by atoms with Crippen molar-refractivity contribution >= 4 is 33.1 Å². The number of hydrogen-bond donors (Lipinski definition) is 1. The van der Waals surface area contributed by atoms with Gasteiger partial charge < -0.3 is 14.7 Å². The van der Waals surface area contributed by atoms with E-state index in [1.54, 1.807) is 0 Å². The predicted octanol–water partition coefficient (Wildman–Crippen LogP) is 2.65. The molecule has 0 amide bonds. The van der Waals surface area contributed by atoms with E-state index < -0.39 is 5.60 Å². The van der Waals surface area contributed by atoms with Gasteiger partial charge in [-0.3, -0.25) is 0 Å². The Labute approximate surface area is 121 Å². The van der Waals surface area contributed by atoms with Crippen LogP contribution in [-0.4, -0.2) is 36.9 Å². The van der Waals surface area contributed by atoms with E-state index in [-0.39, 0.29) is 5.97 Å². The standard InChI is InChI=1S/C15H17NO3S/c1-15(18)5-6-16(9-15)11-4-3-10-7-13(14(17)19-2)20-12(10)8-11/h3-4,7-8,18H,5-6,9H2,1-2H3. The lowest BCUT2D eigenvalue weighted by molar-refractivity contribution is 0.0606. The smallest absolute Gasteiger partial charge is 0.348 e. The number of anilines is 1. The van der Waals surface area contributed by atoms with Crippen molar-refractivity contribution in [1.29, 1.82) is 0 Å². The number of nitrogens with zero attached hydrogens (tertiary/aromatic N) is 1. The lowest BCUT2D eigenvalue weighted by atomic mass is 10.1. The van der Waals surface area contributed by atoms with Crippen molar-refractivity contribution in [3.63, 3.8) is 0 Å². The molecular weight excluding hydrogens is 274 g/mol. The van der Waals surface area contributed by atoms with Crippen LogP contribution in [0.5, 0.6) is 0 Å². The molecule has 1 aromatic heterocycles. The number of carbonyl (C=O) groups is 1. The lowest BCUT2D eigenvalue weighted by Gasteiger charge is -2.20. The van der Waals surface area contributed by atoms with E-state index in [9.17, 15) is 9.90 Å². The summed E-state index contributed by atoms with van der Waals surface area (Å²) in [6.07, 6.45) is 0.781. The van der Waals surface area contributed by atoms with E-state index >= 15 is 0 Å². The van der Waals surface area contributed by atoms with Gasteiger partial charge in [0.1, 0.15) is 4.88 Å². The van der Waals surface area contributed by atoms with Gasteiger partial charge in [-0.05, 0) is 36.9 Å². The summed E-state index contributed by atoms with van der Waals surface area (Å²) < 4.78 is 5.82. The van der Waals surface area contributed by atoms with Crippen molar-refractivity contribution in [1.82, 2.24) is 0 Å². The van der Waals surface area contributed by atoms with Crippen LogP contribution in [0.4, 0.5) is 5.69 Å². The van der Waals surface area contributed by atoms with Crippen molar-refractivity contribution in [3.8, 4) is 0 Å². The fourth-order valence-corrected chi connectivity index (χ4v) is 3.60. The summed E-state index contributed by atoms with van der Waals surface area (Å²) in [7, 11) is 1.39. The van der Waals surface area contributed by atoms with Gasteiger partial charge in [-0.15, -0.1) is 11.3 Å². The molecule has 0 radical (unpaired) electrons. The molecule has 1 unspecified atom stereocenters. The Morgan fingerprint density at radius 3 is 2.90 bits per heavy atom. The Kier molecular flexibility index (Phi) is 3.18. The monoisotopic (exact) mass is 291 g/mol. The van der Waals surface area contributed by atoms with Gasteiger partial charge in [0.15, 0.2) is 0 Å². The first kappa shape index (κ1) is 13.4. The number of esters is 1. The van der Waals surface area contributed by atoms with Crippen LogP contribution in [0.2, 0.25) is 0 Å². The molecule has 0 spiro atoms. The summed E-state index contributed by atoms with van der Waals surface area (Å²) in [6, 6.07) is 7.99. The molecule has 106 valence electrons. The maximum Gasteiger partial charge on any atom is 0.348 e. The fourth-order valence-electron chi connectivity index (χ4n) is 2.58. The maximum absolute atomic E-state index is 11.6. The third-order valence-corrected chi connectivity index (χ3v) is 4.79. The summed E-state index contributed by atoms with van der Waals surface area (Å²) in [5.41, 5.74) is 0.482. The normalized spacial score (nSPS) is 22.4. The number of β-amino-alcohol motifs (C(OH)–C–C–N with tert-alkyl or cyclic N) is 1. The number of hydrogen-bond acceptors (Lipinski definition) is 5. The second kappa shape index (κ2) is 4.75. The van der Waals surface area contributed by atoms with Crippen molar-refractivity contribution in [3.05, 3.63) is 29.1 Å². The van der Waals surface area contributed by atoms with Gasteiger partial charge in [0, 0.05) is 23.5 Å². The fraction of sp³-hybridized carbons (Fsp3) is 0.400. The molecule has 1 aromatic carbocycles. The molecule has 0 saturated carbocycles. The second-order valence-electron chi connectivity index (χ2n) is 5.49. The number of ether oxygens (including phenoxy) is 1. The van der Waals surface area contributed by atoms with Gasteiger partial charge in [-0.25, -0.2) is 4.79 Å². The molecule has 2 heterocycles. The van der Waals surface area contributed by atoms with Crippen molar-refractivity contribution in [2.45, 2.75) is 18.9 Å². The Morgan fingerprint density at radius 2 is 2.25 bits per heavy atom. The molecule has 3 rings (SSSR count). The Hall–Kier alpha value is -1.59. The topological polar surface area (TPSA) is 49.8 Å². The van der Waals surface area contributed by atoms with Gasteiger partial charge in [0.2, 0.25) is 0 Å². The molecule has 0 bridgehead atoms. The van der Waals surface area contributed by atoms with Crippen LogP contribution in [0.25, 0.3) is 10.1 Å². The highest BCUT2D eigenvalue weighted by Gasteiger charge is 2.31. The first-order chi connectivity index (χ1) is 9.48. The number of thiophene rings is 1. The zero-order chi connectivity index (χ0) is 14.3. The molecule has 1 N–H and O–H groups in total. The highest BCUT2D eigenvalue weighted by atomic mass is 32.1. The molecule has 5 heteroatoms. The van der Waals surface area contributed by atoms with E-state index in [1.165, 1.54) is 18.4 Å². The summed E-state index contributed by atoms with van der Waals surface area (Å²) in [5.74, 6) is -0.295. The van der Waals surface area contributed by atoms with Crippen molar-refractivity contribution in [2.24, 2.45) is 0 Å². The molecule has 1 saturated heterocycles. The molecule has 1 aliphatic rings. The molecule has 1 fully saturated rings. The first-order valence-corrected chi connectivity index (χ1v) is 7.39. The summed E-state index contributed by atoms with van der Waals surface area (Å²) >= 11 is 1.44. The quantitative estimate of drug-likeness (QED) is 0.864. The largest absolute Gasteiger partial charge is 0.465 e. The number of aliphatic hydroxyl groups is 1. The summed E-state index contributed by atoms with van der Waals surface area (Å²) in [4.78, 5) is 14.4. The molecule has 1 atom stereocenters. The minimum atomic E-state index is -0.610. The van der Waals surface area contributed by atoms with Gasteiger partial charge >= 0.3 is 5.97 Å². The number of rotatable bonds is 2. The van der Waals surface area contributed by atoms with Gasteiger partial charge in [-0.2, -0.15) is 0 Å². The van der Waals surface area contributed by atoms with Crippen molar-refractivity contribution in [2.75, 3.05) is 25.1 Å². The Balaban J connectivity index is 1.93. The van der Waals surface area contributed by atoms with Gasteiger partial charge in [0.05, 0.1) is 12.7 Å². The zero-order valence-corrected chi connectivity index (χ0v) is 12.4. The SMILES string of the molecule is COC(=O)c1cc2ccc(N3CCC(C)(O)C3)cc2s1. The van der Waals surface area contributed by atoms with Crippen LogP contribution in [0.1, 0.15) is 23.0 Å². The van der Waals surface area contributed by atoms with Crippen LogP contribution in [0.15, 0.2) is 24.3 Å². The van der Waals surface area contributed by atoms with Gasteiger partial charge in [0.25, 0.3) is 0 Å². The van der Waals surface area contributed by atoms with E-state index in [4.69, 9.17) is 4.74 Å². The van der Waals surface area contributed by atoms with E-state index in [0.29, 0.717) is 11.4 Å². The van der Waals surface area contributed by atoms with Crippen LogP contribution in [0, 0.1) is 0 Å². The van der Waals surface area contributed by atoms with Crippen LogP contribution < -0.4 is 4.90 Å². The van der Waals surface area contributed by atoms with Crippen molar-refractivity contribution < 1.29 is 14.6 Å². The van der Waals surface area contributed by atoms with E-state index in [1.807, 2.05) is 25.1 Å². The number of fused-ring (bicyclic) bond motifs is 1. The number of carbonyl (C=O) groups excluding carboxylic acids is 1. The first-order valence-electron chi connectivity index (χ1n) is 6.58. The van der Waals surface area contributed by atoms with E-state index in [0.717, 1.165) is 28.7 Å². The molecule has 1 aliphatic heterocycles. The lowest BCUT2D eigenvalue weighted by Crippen LogP contribution is -2.29. The molecular formula is C15H17NO3S. The van der Waals surface area contributed by atoms with Crippen LogP contribution in [0.3, 0.4) is 0 Å². The highest BCUT2D eigenvalue weighted by molar-refractivity contribution is 7.20. The Morgan fingerprint density at radius 1 is 1.45 bits per heavy atom. The minimum absolute atomic E-state index is 0.295. The number of benzene rings is 1. The zero-order valence-electron chi connectivity index (χ0n) is 11.5. The molecule has 20 heavy (non-hydrogen) atoms. The molecule has 4 nitrogen and oxygen atoms in total. The minimum Gasteiger partial charge on any atom is -0.465 e. The average Bonchev–Trinajstić information content (AvgIpc) is 2.99. The summed E-state index contributed by atoms with van der Waals surface area (Å²) in [6.45, 7) is 3.37. The van der Waals surface area contributed by atoms with Crippen LogP contribution >= 0.6 is 11.3 Å². The third kappa shape index (κ3) is 2.39. The van der Waals surface area contributed by atoms with E-state index in [2.05, 4.69) is 11.0 Å². The molecule has 0 aliphatic carbocycles.